The Hall–Kier alpha value is -0.150. The number of hydrogen-bond acceptors (Lipinski definition) is 2. The minimum absolute atomic E-state index is 0.274. The highest BCUT2D eigenvalue weighted by Crippen LogP contribution is 2.31. The Morgan fingerprint density at radius 3 is 1.90 bits per heavy atom. The van der Waals surface area contributed by atoms with Crippen LogP contribution in [0.1, 0.15) is 53.9 Å². The number of halogens is 1. The van der Waals surface area contributed by atoms with Gasteiger partial charge in [-0.15, -0.1) is 0 Å². The summed E-state index contributed by atoms with van der Waals surface area (Å²) in [5, 5.41) is 0. The first kappa shape index (κ1) is 17.2. The number of hydrogen-bond donors (Lipinski definition) is 0. The van der Waals surface area contributed by atoms with Crippen LogP contribution < -0.4 is 0 Å². The van der Waals surface area contributed by atoms with E-state index in [0.717, 1.165) is 18.9 Å². The molecular formula is C18H35FN2. The van der Waals surface area contributed by atoms with Gasteiger partial charge in [0, 0.05) is 18.6 Å². The van der Waals surface area contributed by atoms with E-state index in [1.54, 1.807) is 0 Å². The predicted molar refractivity (Wildman–Crippen MR) is 88.3 cm³/mol. The first-order valence-electron chi connectivity index (χ1n) is 9.02. The molecule has 2 fully saturated rings. The van der Waals surface area contributed by atoms with Gasteiger partial charge < -0.3 is 4.90 Å². The number of rotatable bonds is 4. The van der Waals surface area contributed by atoms with E-state index in [1.165, 1.54) is 25.9 Å². The van der Waals surface area contributed by atoms with Crippen molar-refractivity contribution in [2.75, 3.05) is 26.2 Å². The second kappa shape index (κ2) is 7.41. The van der Waals surface area contributed by atoms with Gasteiger partial charge in [0.05, 0.1) is 0 Å². The minimum atomic E-state index is -0.628. The summed E-state index contributed by atoms with van der Waals surface area (Å²) >= 11 is 0. The van der Waals surface area contributed by atoms with E-state index in [9.17, 15) is 4.39 Å². The molecule has 0 bridgehead atoms. The largest absolute Gasteiger partial charge is 0.301 e. The minimum Gasteiger partial charge on any atom is -0.301 e. The Kier molecular flexibility index (Phi) is 6.07. The highest BCUT2D eigenvalue weighted by atomic mass is 19.1. The number of piperidine rings is 2. The zero-order valence-electron chi connectivity index (χ0n) is 14.7. The van der Waals surface area contributed by atoms with Gasteiger partial charge >= 0.3 is 0 Å². The summed E-state index contributed by atoms with van der Waals surface area (Å²) in [5.74, 6) is 1.51. The van der Waals surface area contributed by atoms with Crippen LogP contribution in [0.4, 0.5) is 4.39 Å². The lowest BCUT2D eigenvalue weighted by Gasteiger charge is -2.44. The third-order valence-corrected chi connectivity index (χ3v) is 6.04. The van der Waals surface area contributed by atoms with Crippen LogP contribution in [0, 0.1) is 17.8 Å². The average molecular weight is 298 g/mol. The summed E-state index contributed by atoms with van der Waals surface area (Å²) in [6.07, 6.45) is 2.96. The van der Waals surface area contributed by atoms with Crippen LogP contribution >= 0.6 is 0 Å². The lowest BCUT2D eigenvalue weighted by Crippen LogP contribution is -2.51. The molecule has 0 aromatic heterocycles. The van der Waals surface area contributed by atoms with Gasteiger partial charge in [0.15, 0.2) is 0 Å². The van der Waals surface area contributed by atoms with Crippen molar-refractivity contribution in [3.05, 3.63) is 0 Å². The zero-order valence-corrected chi connectivity index (χ0v) is 14.7. The predicted octanol–water partition coefficient (Wildman–Crippen LogP) is 3.81. The molecule has 2 saturated heterocycles. The van der Waals surface area contributed by atoms with Gasteiger partial charge in [-0.1, -0.05) is 13.8 Å². The SMILES string of the molecule is CC(C)[C@@H]1CCN(C(C)C2CCN(C(C)C)CC2)C[C@@H]1F. The third kappa shape index (κ3) is 4.19. The third-order valence-electron chi connectivity index (χ3n) is 6.04. The first-order chi connectivity index (χ1) is 9.90. The molecule has 2 rings (SSSR count). The average Bonchev–Trinajstić information content (AvgIpc) is 2.46. The molecular weight excluding hydrogens is 263 g/mol. The molecule has 2 nitrogen and oxygen atoms in total. The zero-order chi connectivity index (χ0) is 15.6. The van der Waals surface area contributed by atoms with Crippen LogP contribution in [0.5, 0.6) is 0 Å². The summed E-state index contributed by atoms with van der Waals surface area (Å²) in [7, 11) is 0. The Morgan fingerprint density at radius 2 is 1.43 bits per heavy atom. The van der Waals surface area contributed by atoms with E-state index in [2.05, 4.69) is 44.4 Å². The van der Waals surface area contributed by atoms with Crippen molar-refractivity contribution in [3.63, 3.8) is 0 Å². The molecule has 3 heteroatoms. The lowest BCUT2D eigenvalue weighted by atomic mass is 9.82. The normalized spacial score (nSPS) is 32.0. The maximum atomic E-state index is 14.4. The topological polar surface area (TPSA) is 6.48 Å². The maximum absolute atomic E-state index is 14.4. The van der Waals surface area contributed by atoms with Gasteiger partial charge in [-0.05, 0) is 77.4 Å². The van der Waals surface area contributed by atoms with Crippen LogP contribution in [-0.2, 0) is 0 Å². The van der Waals surface area contributed by atoms with Gasteiger partial charge in [-0.3, -0.25) is 4.90 Å². The van der Waals surface area contributed by atoms with Crippen LogP contribution in [-0.4, -0.2) is 54.2 Å². The van der Waals surface area contributed by atoms with Gasteiger partial charge in [0.2, 0.25) is 0 Å². The molecule has 0 saturated carbocycles. The molecule has 0 aromatic rings. The van der Waals surface area contributed by atoms with Crippen LogP contribution in [0.25, 0.3) is 0 Å². The fourth-order valence-corrected chi connectivity index (χ4v) is 4.28. The van der Waals surface area contributed by atoms with Crippen molar-refractivity contribution in [1.29, 1.82) is 0 Å². The summed E-state index contributed by atoms with van der Waals surface area (Å²) in [4.78, 5) is 5.01. The molecule has 124 valence electrons. The molecule has 3 atom stereocenters. The van der Waals surface area contributed by atoms with Crippen molar-refractivity contribution >= 4 is 0 Å². The summed E-state index contributed by atoms with van der Waals surface area (Å²) < 4.78 is 14.4. The fraction of sp³-hybridized carbons (Fsp3) is 1.00. The Bertz CT molecular complexity index is 310. The van der Waals surface area contributed by atoms with E-state index in [4.69, 9.17) is 0 Å². The number of alkyl halides is 1. The molecule has 2 aliphatic rings. The van der Waals surface area contributed by atoms with Crippen molar-refractivity contribution in [2.24, 2.45) is 17.8 Å². The summed E-state index contributed by atoms with van der Waals surface area (Å²) in [6.45, 7) is 15.4. The van der Waals surface area contributed by atoms with Crippen LogP contribution in [0.15, 0.2) is 0 Å². The number of likely N-dealkylation sites (tertiary alicyclic amines) is 2. The summed E-state index contributed by atoms with van der Waals surface area (Å²) in [6, 6.07) is 1.21. The van der Waals surface area contributed by atoms with Crippen molar-refractivity contribution in [3.8, 4) is 0 Å². The molecule has 2 aliphatic heterocycles. The van der Waals surface area contributed by atoms with E-state index < -0.39 is 6.17 Å². The lowest BCUT2D eigenvalue weighted by molar-refractivity contribution is 0.0118. The molecule has 0 aliphatic carbocycles. The molecule has 1 unspecified atom stereocenters. The fourth-order valence-electron chi connectivity index (χ4n) is 4.28. The van der Waals surface area contributed by atoms with Crippen LogP contribution in [0.3, 0.4) is 0 Å². The van der Waals surface area contributed by atoms with Gasteiger partial charge in [0.25, 0.3) is 0 Å². The van der Waals surface area contributed by atoms with Crippen LogP contribution in [0.2, 0.25) is 0 Å². The highest BCUT2D eigenvalue weighted by molar-refractivity contribution is 4.88. The summed E-state index contributed by atoms with van der Waals surface area (Å²) in [5.41, 5.74) is 0. The standard InChI is InChI=1S/C18H35FN2/c1-13(2)17-8-11-21(12-18(17)19)15(5)16-6-9-20(10-7-16)14(3)4/h13-18H,6-12H2,1-5H3/t15?,17-,18-/m0/s1. The van der Waals surface area contributed by atoms with E-state index >= 15 is 0 Å². The van der Waals surface area contributed by atoms with Crippen molar-refractivity contribution in [2.45, 2.75) is 72.1 Å². The monoisotopic (exact) mass is 298 g/mol. The van der Waals surface area contributed by atoms with E-state index in [-0.39, 0.29) is 5.92 Å². The first-order valence-corrected chi connectivity index (χ1v) is 9.02. The van der Waals surface area contributed by atoms with Gasteiger partial charge in [0.1, 0.15) is 6.17 Å². The van der Waals surface area contributed by atoms with Crippen molar-refractivity contribution in [1.82, 2.24) is 9.80 Å². The molecule has 21 heavy (non-hydrogen) atoms. The molecule has 0 spiro atoms. The van der Waals surface area contributed by atoms with E-state index in [1.807, 2.05) is 0 Å². The second-order valence-electron chi connectivity index (χ2n) is 7.92. The highest BCUT2D eigenvalue weighted by Gasteiger charge is 2.35. The molecule has 0 aromatic carbocycles. The Balaban J connectivity index is 1.83. The molecule has 2 heterocycles. The second-order valence-corrected chi connectivity index (χ2v) is 7.92. The smallest absolute Gasteiger partial charge is 0.116 e. The van der Waals surface area contributed by atoms with Crippen molar-refractivity contribution < 1.29 is 4.39 Å². The van der Waals surface area contributed by atoms with Gasteiger partial charge in [-0.2, -0.15) is 0 Å². The molecule has 0 radical (unpaired) electrons. The number of nitrogens with zero attached hydrogens (tertiary/aromatic N) is 2. The molecule has 0 N–H and O–H groups in total. The Labute approximate surface area is 131 Å². The molecule has 0 amide bonds. The maximum Gasteiger partial charge on any atom is 0.116 e. The van der Waals surface area contributed by atoms with Gasteiger partial charge in [-0.25, -0.2) is 4.39 Å². The van der Waals surface area contributed by atoms with E-state index in [0.29, 0.717) is 24.5 Å². The quantitative estimate of drug-likeness (QED) is 0.778. The Morgan fingerprint density at radius 1 is 0.857 bits per heavy atom.